The van der Waals surface area contributed by atoms with E-state index in [-0.39, 0.29) is 11.7 Å². The van der Waals surface area contributed by atoms with Crippen LogP contribution in [0.4, 0.5) is 4.39 Å². The van der Waals surface area contributed by atoms with Crippen molar-refractivity contribution in [2.45, 2.75) is 13.1 Å². The molecule has 1 amide bonds. The normalized spacial score (nSPS) is 10.8. The van der Waals surface area contributed by atoms with E-state index in [9.17, 15) is 9.18 Å². The fraction of sp³-hybridized carbons (Fsp3) is 0.118. The Kier molecular flexibility index (Phi) is 4.06. The molecule has 1 aromatic carbocycles. The number of allylic oxidation sites excluding steroid dienone is 1. The number of amides is 1. The lowest BCUT2D eigenvalue weighted by Gasteiger charge is -2.09. The van der Waals surface area contributed by atoms with E-state index >= 15 is 0 Å². The Morgan fingerprint density at radius 2 is 2.23 bits per heavy atom. The van der Waals surface area contributed by atoms with Crippen molar-refractivity contribution in [3.63, 3.8) is 0 Å². The molecule has 2 heterocycles. The van der Waals surface area contributed by atoms with Crippen LogP contribution in [0.2, 0.25) is 0 Å². The predicted octanol–water partition coefficient (Wildman–Crippen LogP) is 3.96. The maximum absolute atomic E-state index is 13.2. The van der Waals surface area contributed by atoms with E-state index in [1.54, 1.807) is 29.5 Å². The molecule has 0 atom stereocenters. The molecule has 1 N–H and O–H groups in total. The summed E-state index contributed by atoms with van der Waals surface area (Å²) in [7, 11) is 0. The fourth-order valence-electron chi connectivity index (χ4n) is 2.41. The van der Waals surface area contributed by atoms with Gasteiger partial charge in [0.25, 0.3) is 5.91 Å². The topological polar surface area (TPSA) is 34.0 Å². The molecule has 0 saturated carbocycles. The van der Waals surface area contributed by atoms with E-state index < -0.39 is 0 Å². The molecule has 0 fully saturated rings. The van der Waals surface area contributed by atoms with Crippen LogP contribution in [-0.2, 0) is 13.1 Å². The van der Waals surface area contributed by atoms with Gasteiger partial charge in [-0.1, -0.05) is 18.2 Å². The third-order valence-electron chi connectivity index (χ3n) is 3.41. The molecule has 112 valence electrons. The van der Waals surface area contributed by atoms with Gasteiger partial charge in [-0.2, -0.15) is 0 Å². The van der Waals surface area contributed by atoms with Gasteiger partial charge in [0.15, 0.2) is 0 Å². The van der Waals surface area contributed by atoms with Crippen LogP contribution >= 0.6 is 11.3 Å². The van der Waals surface area contributed by atoms with Crippen molar-refractivity contribution in [1.29, 1.82) is 0 Å². The first-order valence-corrected chi connectivity index (χ1v) is 7.77. The first-order chi connectivity index (χ1) is 10.7. The van der Waals surface area contributed by atoms with E-state index in [2.05, 4.69) is 11.9 Å². The highest BCUT2D eigenvalue weighted by atomic mass is 32.1. The third kappa shape index (κ3) is 2.80. The van der Waals surface area contributed by atoms with Crippen LogP contribution in [0.3, 0.4) is 0 Å². The second kappa shape index (κ2) is 6.15. The highest BCUT2D eigenvalue weighted by Crippen LogP contribution is 2.25. The van der Waals surface area contributed by atoms with Crippen LogP contribution in [0.15, 0.2) is 54.4 Å². The summed E-state index contributed by atoms with van der Waals surface area (Å²) in [6.45, 7) is 4.61. The van der Waals surface area contributed by atoms with E-state index in [1.807, 2.05) is 22.1 Å². The summed E-state index contributed by atoms with van der Waals surface area (Å²) in [6.07, 6.45) is 1.76. The highest BCUT2D eigenvalue weighted by molar-refractivity contribution is 7.17. The lowest BCUT2D eigenvalue weighted by molar-refractivity contribution is 0.0942. The Balaban J connectivity index is 1.81. The van der Waals surface area contributed by atoms with Crippen molar-refractivity contribution in [3.8, 4) is 0 Å². The molecule has 0 radical (unpaired) electrons. The third-order valence-corrected chi connectivity index (χ3v) is 4.26. The van der Waals surface area contributed by atoms with Crippen LogP contribution in [0.5, 0.6) is 0 Å². The Hall–Kier alpha value is -2.40. The number of carbonyl (C=O) groups is 1. The molecule has 0 unspecified atom stereocenters. The van der Waals surface area contributed by atoms with E-state index in [4.69, 9.17) is 0 Å². The summed E-state index contributed by atoms with van der Waals surface area (Å²) in [5, 5.41) is 4.83. The quantitative estimate of drug-likeness (QED) is 0.711. The summed E-state index contributed by atoms with van der Waals surface area (Å²) in [4.78, 5) is 12.4. The summed E-state index contributed by atoms with van der Waals surface area (Å²) < 4.78 is 16.1. The molecule has 2 aromatic heterocycles. The number of fused-ring (bicyclic) bond motifs is 1. The maximum atomic E-state index is 13.2. The van der Waals surface area contributed by atoms with Crippen molar-refractivity contribution < 1.29 is 9.18 Å². The molecule has 5 heteroatoms. The SMILES string of the molecule is C=CCn1c(C(=O)NCc2cccc(F)c2)cc2sccc21. The Morgan fingerprint density at radius 1 is 1.36 bits per heavy atom. The molecule has 0 bridgehead atoms. The number of hydrogen-bond donors (Lipinski definition) is 1. The second-order valence-electron chi connectivity index (χ2n) is 4.91. The number of benzene rings is 1. The number of carbonyl (C=O) groups excluding carboxylic acids is 1. The smallest absolute Gasteiger partial charge is 0.268 e. The van der Waals surface area contributed by atoms with Crippen molar-refractivity contribution in [2.75, 3.05) is 0 Å². The fourth-order valence-corrected chi connectivity index (χ4v) is 3.23. The number of nitrogens with one attached hydrogen (secondary N) is 1. The van der Waals surface area contributed by atoms with Gasteiger partial charge in [0.05, 0.1) is 10.2 Å². The Morgan fingerprint density at radius 3 is 3.00 bits per heavy atom. The van der Waals surface area contributed by atoms with Crippen LogP contribution in [0, 0.1) is 5.82 Å². The molecular formula is C17H15FN2OS. The van der Waals surface area contributed by atoms with Crippen LogP contribution < -0.4 is 5.32 Å². The Labute approximate surface area is 131 Å². The molecule has 0 aliphatic rings. The zero-order valence-corrected chi connectivity index (χ0v) is 12.7. The first-order valence-electron chi connectivity index (χ1n) is 6.89. The minimum absolute atomic E-state index is 0.172. The van der Waals surface area contributed by atoms with Gasteiger partial charge in [0, 0.05) is 13.1 Å². The van der Waals surface area contributed by atoms with Crippen molar-refractivity contribution >= 4 is 27.5 Å². The second-order valence-corrected chi connectivity index (χ2v) is 5.86. The van der Waals surface area contributed by atoms with Crippen LogP contribution in [0.1, 0.15) is 16.1 Å². The van der Waals surface area contributed by atoms with Gasteiger partial charge in [-0.05, 0) is 35.2 Å². The molecule has 3 rings (SSSR count). The van der Waals surface area contributed by atoms with Gasteiger partial charge in [-0.25, -0.2) is 4.39 Å². The summed E-state index contributed by atoms with van der Waals surface area (Å²) in [6, 6.07) is 10.1. The predicted molar refractivity (Wildman–Crippen MR) is 87.6 cm³/mol. The van der Waals surface area contributed by atoms with Gasteiger partial charge in [0.1, 0.15) is 11.5 Å². The molecule has 0 spiro atoms. The number of halogens is 1. The van der Waals surface area contributed by atoms with Gasteiger partial charge >= 0.3 is 0 Å². The lowest BCUT2D eigenvalue weighted by Crippen LogP contribution is -2.25. The number of rotatable bonds is 5. The number of nitrogens with zero attached hydrogens (tertiary/aromatic N) is 1. The summed E-state index contributed by atoms with van der Waals surface area (Å²) in [5.41, 5.74) is 2.36. The largest absolute Gasteiger partial charge is 0.347 e. The minimum Gasteiger partial charge on any atom is -0.347 e. The van der Waals surface area contributed by atoms with E-state index in [0.717, 1.165) is 15.8 Å². The monoisotopic (exact) mass is 314 g/mol. The first kappa shape index (κ1) is 14.5. The van der Waals surface area contributed by atoms with Crippen molar-refractivity contribution in [3.05, 3.63) is 71.5 Å². The average Bonchev–Trinajstić information content (AvgIpc) is 3.08. The molecule has 3 aromatic rings. The number of aromatic nitrogens is 1. The molecule has 22 heavy (non-hydrogen) atoms. The summed E-state index contributed by atoms with van der Waals surface area (Å²) >= 11 is 1.60. The highest BCUT2D eigenvalue weighted by Gasteiger charge is 2.15. The van der Waals surface area contributed by atoms with Gasteiger partial charge in [-0.3, -0.25) is 4.79 Å². The Bertz CT molecular complexity index is 834. The zero-order chi connectivity index (χ0) is 15.5. The van der Waals surface area contributed by atoms with E-state index in [1.165, 1.54) is 12.1 Å². The number of thiophene rings is 1. The standard InChI is InChI=1S/C17H15FN2OS/c1-2-7-20-14-6-8-22-16(14)10-15(20)17(21)19-11-12-4-3-5-13(18)9-12/h2-6,8-10H,1,7,11H2,(H,19,21). The molecule has 3 nitrogen and oxygen atoms in total. The minimum atomic E-state index is -0.303. The average molecular weight is 314 g/mol. The zero-order valence-electron chi connectivity index (χ0n) is 11.9. The van der Waals surface area contributed by atoms with Crippen LogP contribution in [0.25, 0.3) is 10.2 Å². The molecule has 0 aliphatic heterocycles. The van der Waals surface area contributed by atoms with Gasteiger partial charge < -0.3 is 9.88 Å². The van der Waals surface area contributed by atoms with Crippen LogP contribution in [-0.4, -0.2) is 10.5 Å². The van der Waals surface area contributed by atoms with Crippen molar-refractivity contribution in [1.82, 2.24) is 9.88 Å². The molecular weight excluding hydrogens is 299 g/mol. The molecule has 0 saturated heterocycles. The van der Waals surface area contributed by atoms with E-state index in [0.29, 0.717) is 18.8 Å². The lowest BCUT2D eigenvalue weighted by atomic mass is 10.2. The molecule has 0 aliphatic carbocycles. The maximum Gasteiger partial charge on any atom is 0.268 e. The van der Waals surface area contributed by atoms with Gasteiger partial charge in [0.2, 0.25) is 0 Å². The summed E-state index contributed by atoms with van der Waals surface area (Å²) in [5.74, 6) is -0.475. The number of hydrogen-bond acceptors (Lipinski definition) is 2. The van der Waals surface area contributed by atoms with Gasteiger partial charge in [-0.15, -0.1) is 17.9 Å². The van der Waals surface area contributed by atoms with Crippen molar-refractivity contribution in [2.24, 2.45) is 0 Å².